The lowest BCUT2D eigenvalue weighted by atomic mass is 10.1. The van der Waals surface area contributed by atoms with E-state index in [2.05, 4.69) is 30.7 Å². The molecule has 0 aliphatic rings. The van der Waals surface area contributed by atoms with Gasteiger partial charge in [0.1, 0.15) is 17.4 Å². The van der Waals surface area contributed by atoms with Crippen molar-refractivity contribution in [3.63, 3.8) is 0 Å². The zero-order chi connectivity index (χ0) is 21.8. The van der Waals surface area contributed by atoms with E-state index >= 15 is 0 Å². The van der Waals surface area contributed by atoms with E-state index in [1.165, 1.54) is 4.88 Å². The zero-order valence-corrected chi connectivity index (χ0v) is 19.4. The second-order valence-corrected chi connectivity index (χ2v) is 8.04. The third kappa shape index (κ3) is 7.44. The smallest absolute Gasteiger partial charge is 0.140 e. The first kappa shape index (κ1) is 23.9. The number of rotatable bonds is 9. The molecule has 30 heavy (non-hydrogen) atoms. The minimum absolute atomic E-state index is 0.473. The number of ether oxygens (including phenoxy) is 2. The summed E-state index contributed by atoms with van der Waals surface area (Å²) in [6, 6.07) is 18.2. The van der Waals surface area contributed by atoms with Crippen LogP contribution >= 0.6 is 11.3 Å². The molecule has 5 nitrogen and oxygen atoms in total. The number of hydroxylamine groups is 1. The van der Waals surface area contributed by atoms with E-state index in [0.29, 0.717) is 6.61 Å². The molecule has 0 unspecified atom stereocenters. The number of anilines is 1. The Labute approximate surface area is 184 Å². The number of aromatic nitrogens is 1. The summed E-state index contributed by atoms with van der Waals surface area (Å²) in [5.74, 6) is 0.829. The Morgan fingerprint density at radius 2 is 1.67 bits per heavy atom. The molecule has 0 radical (unpaired) electrons. The summed E-state index contributed by atoms with van der Waals surface area (Å²) in [6.07, 6.45) is 2.19. The summed E-state index contributed by atoms with van der Waals surface area (Å²) in [7, 11) is 5.18. The number of unbranched alkanes of at least 4 members (excludes halogenated alkanes) is 1. The van der Waals surface area contributed by atoms with E-state index in [9.17, 15) is 0 Å². The van der Waals surface area contributed by atoms with Crippen LogP contribution in [0.2, 0.25) is 0 Å². The third-order valence-electron chi connectivity index (χ3n) is 4.23. The predicted molar refractivity (Wildman–Crippen MR) is 125 cm³/mol. The minimum Gasteiger partial charge on any atom is -0.486 e. The van der Waals surface area contributed by atoms with Crippen LogP contribution in [0.4, 0.5) is 5.69 Å². The van der Waals surface area contributed by atoms with Gasteiger partial charge in [-0.2, -0.15) is 0 Å². The van der Waals surface area contributed by atoms with Crippen molar-refractivity contribution in [1.29, 1.82) is 0 Å². The first-order valence-corrected chi connectivity index (χ1v) is 10.9. The van der Waals surface area contributed by atoms with Gasteiger partial charge < -0.3 is 9.47 Å². The van der Waals surface area contributed by atoms with Crippen molar-refractivity contribution >= 4 is 17.0 Å². The quantitative estimate of drug-likeness (QED) is 0.303. The fourth-order valence-corrected chi connectivity index (χ4v) is 3.56. The highest BCUT2D eigenvalue weighted by molar-refractivity contribution is 7.12. The lowest BCUT2D eigenvalue weighted by Gasteiger charge is -2.18. The number of hydrogen-bond acceptors (Lipinski definition) is 6. The minimum atomic E-state index is 0.473. The lowest BCUT2D eigenvalue weighted by Crippen LogP contribution is -2.18. The molecule has 0 fully saturated rings. The number of benzene rings is 2. The molecule has 0 atom stereocenters. The van der Waals surface area contributed by atoms with Crippen LogP contribution in [0.1, 0.15) is 29.7 Å². The lowest BCUT2D eigenvalue weighted by molar-refractivity contribution is 0.119. The monoisotopic (exact) mass is 428 g/mol. The Balaban J connectivity index is 0.00000101. The average molecular weight is 429 g/mol. The Kier molecular flexibility index (Phi) is 10.3. The maximum Gasteiger partial charge on any atom is 0.140 e. The highest BCUT2D eigenvalue weighted by Crippen LogP contribution is 2.28. The third-order valence-corrected chi connectivity index (χ3v) is 5.18. The molecule has 0 amide bonds. The largest absolute Gasteiger partial charge is 0.486 e. The van der Waals surface area contributed by atoms with Crippen molar-refractivity contribution in [3.05, 3.63) is 64.5 Å². The van der Waals surface area contributed by atoms with Crippen molar-refractivity contribution in [2.24, 2.45) is 0 Å². The molecule has 1 heterocycles. The van der Waals surface area contributed by atoms with Gasteiger partial charge in [0.15, 0.2) is 0 Å². The molecule has 1 aromatic heterocycles. The van der Waals surface area contributed by atoms with Gasteiger partial charge in [-0.25, -0.2) is 4.98 Å². The zero-order valence-electron chi connectivity index (χ0n) is 18.6. The van der Waals surface area contributed by atoms with E-state index in [1.54, 1.807) is 30.6 Å². The summed E-state index contributed by atoms with van der Waals surface area (Å²) in [5.41, 5.74) is 3.20. The average Bonchev–Trinajstić information content (AvgIpc) is 3.14. The number of hydrogen-bond donors (Lipinski definition) is 0. The van der Waals surface area contributed by atoms with Crippen molar-refractivity contribution < 1.29 is 14.3 Å². The Morgan fingerprint density at radius 3 is 2.30 bits per heavy atom. The number of aryl methyl sites for hydroxylation is 1. The van der Waals surface area contributed by atoms with Gasteiger partial charge in [-0.15, -0.1) is 11.3 Å². The summed E-state index contributed by atoms with van der Waals surface area (Å²) < 4.78 is 10.2. The van der Waals surface area contributed by atoms with Crippen molar-refractivity contribution in [3.8, 4) is 17.0 Å². The van der Waals surface area contributed by atoms with E-state index in [4.69, 9.17) is 14.6 Å². The number of nitrogens with zero attached hydrogens (tertiary/aromatic N) is 2. The van der Waals surface area contributed by atoms with Gasteiger partial charge in [0.05, 0.1) is 18.0 Å². The van der Waals surface area contributed by atoms with E-state index in [0.717, 1.165) is 47.2 Å². The standard InChI is InChI=1S/C22H26N2O2S.C2H6O/c1-4-5-15-26-24(3)19-11-13-20(14-12-19)25-16-21-23-22(17(2)27-21)18-9-7-6-8-10-18;1-3-2/h6-14H,4-5,15-16H2,1-3H3;1-2H3. The maximum absolute atomic E-state index is 5.92. The predicted octanol–water partition coefficient (Wildman–Crippen LogP) is 6.13. The van der Waals surface area contributed by atoms with Crippen LogP contribution in [0.15, 0.2) is 54.6 Å². The van der Waals surface area contributed by atoms with Gasteiger partial charge in [0, 0.05) is 31.7 Å². The van der Waals surface area contributed by atoms with Crippen LogP contribution < -0.4 is 9.80 Å². The molecule has 0 N–H and O–H groups in total. The Hall–Kier alpha value is -2.41. The fraction of sp³-hybridized carbons (Fsp3) is 0.375. The molecular weight excluding hydrogens is 396 g/mol. The number of methoxy groups -OCH3 is 1. The van der Waals surface area contributed by atoms with E-state index in [1.807, 2.05) is 49.5 Å². The molecule has 162 valence electrons. The molecule has 0 saturated heterocycles. The first-order valence-electron chi connectivity index (χ1n) is 10.1. The normalized spacial score (nSPS) is 10.3. The van der Waals surface area contributed by atoms with Crippen LogP contribution in [-0.4, -0.2) is 32.9 Å². The molecule has 0 bridgehead atoms. The molecule has 0 aliphatic heterocycles. The van der Waals surface area contributed by atoms with Gasteiger partial charge in [-0.3, -0.25) is 9.90 Å². The van der Waals surface area contributed by atoms with Crippen molar-refractivity contribution in [1.82, 2.24) is 4.98 Å². The molecule has 0 aliphatic carbocycles. The van der Waals surface area contributed by atoms with Crippen LogP contribution in [0.3, 0.4) is 0 Å². The highest BCUT2D eigenvalue weighted by atomic mass is 32.1. The molecule has 2 aromatic carbocycles. The summed E-state index contributed by atoms with van der Waals surface area (Å²) in [5, 5.41) is 2.78. The van der Waals surface area contributed by atoms with Gasteiger partial charge in [0.2, 0.25) is 0 Å². The second-order valence-electron chi connectivity index (χ2n) is 6.75. The molecule has 3 rings (SSSR count). The molecular formula is C24H32N2O3S. The summed E-state index contributed by atoms with van der Waals surface area (Å²) in [6.45, 7) is 5.47. The first-order chi connectivity index (χ1) is 14.6. The van der Waals surface area contributed by atoms with Gasteiger partial charge in [-0.1, -0.05) is 43.7 Å². The van der Waals surface area contributed by atoms with Crippen molar-refractivity contribution in [2.45, 2.75) is 33.3 Å². The van der Waals surface area contributed by atoms with Gasteiger partial charge in [0.25, 0.3) is 0 Å². The van der Waals surface area contributed by atoms with Crippen LogP contribution in [0.5, 0.6) is 5.75 Å². The molecule has 3 aromatic rings. The fourth-order valence-electron chi connectivity index (χ4n) is 2.69. The topological polar surface area (TPSA) is 43.8 Å². The van der Waals surface area contributed by atoms with Crippen molar-refractivity contribution in [2.75, 3.05) is 32.9 Å². The molecule has 0 saturated carbocycles. The van der Waals surface area contributed by atoms with E-state index in [-0.39, 0.29) is 0 Å². The highest BCUT2D eigenvalue weighted by Gasteiger charge is 2.10. The summed E-state index contributed by atoms with van der Waals surface area (Å²) in [4.78, 5) is 11.6. The number of thiazole rings is 1. The molecule has 6 heteroatoms. The van der Waals surface area contributed by atoms with Crippen LogP contribution in [0.25, 0.3) is 11.3 Å². The van der Waals surface area contributed by atoms with Gasteiger partial charge >= 0.3 is 0 Å². The Morgan fingerprint density at radius 1 is 1.00 bits per heavy atom. The van der Waals surface area contributed by atoms with Gasteiger partial charge in [-0.05, 0) is 37.6 Å². The molecule has 0 spiro atoms. The SMILES string of the molecule is CCCCON(C)c1ccc(OCc2nc(-c3ccccc3)c(C)s2)cc1.COC. The Bertz CT molecular complexity index is 851. The summed E-state index contributed by atoms with van der Waals surface area (Å²) >= 11 is 1.68. The van der Waals surface area contributed by atoms with Crippen LogP contribution in [0, 0.1) is 6.92 Å². The maximum atomic E-state index is 5.92. The van der Waals surface area contributed by atoms with Crippen LogP contribution in [-0.2, 0) is 16.2 Å². The second kappa shape index (κ2) is 13.0. The van der Waals surface area contributed by atoms with E-state index < -0.39 is 0 Å².